The highest BCUT2D eigenvalue weighted by molar-refractivity contribution is 7.14. The molecule has 5 nitrogen and oxygen atoms in total. The van der Waals surface area contributed by atoms with Gasteiger partial charge in [-0.25, -0.2) is 0 Å². The van der Waals surface area contributed by atoms with Crippen molar-refractivity contribution in [1.82, 2.24) is 10.2 Å². The molecule has 0 bridgehead atoms. The number of unbranched alkanes of at least 4 members (excludes halogenated alkanes) is 2. The Bertz CT molecular complexity index is 1110. The van der Waals surface area contributed by atoms with Crippen molar-refractivity contribution >= 4 is 11.3 Å². The predicted octanol–water partition coefficient (Wildman–Crippen LogP) is 6.31. The monoisotopic (exact) mass is 507 g/mol. The second-order valence-corrected chi connectivity index (χ2v) is 10.2. The van der Waals surface area contributed by atoms with Gasteiger partial charge in [0.05, 0.1) is 24.3 Å². The SMILES string of the molecule is CC(C)c1cc(-c2nnc([C@@](C)(N)CO)s2)ccc1OCCCCCc1cccc(C(F)(F)F)c1. The minimum Gasteiger partial charge on any atom is -0.493 e. The second-order valence-electron chi connectivity index (χ2n) is 9.25. The summed E-state index contributed by atoms with van der Waals surface area (Å²) < 4.78 is 44.6. The Labute approximate surface area is 208 Å². The molecule has 0 fully saturated rings. The second kappa shape index (κ2) is 11.5. The highest BCUT2D eigenvalue weighted by Crippen LogP contribution is 2.34. The summed E-state index contributed by atoms with van der Waals surface area (Å²) in [5.74, 6) is 1.04. The molecule has 0 spiro atoms. The van der Waals surface area contributed by atoms with E-state index < -0.39 is 17.3 Å². The number of aryl methyl sites for hydroxylation is 1. The van der Waals surface area contributed by atoms with E-state index in [1.54, 1.807) is 13.0 Å². The molecule has 2 aromatic carbocycles. The number of alkyl halides is 3. The van der Waals surface area contributed by atoms with Crippen molar-refractivity contribution < 1.29 is 23.0 Å². The molecule has 0 saturated carbocycles. The summed E-state index contributed by atoms with van der Waals surface area (Å²) in [5, 5.41) is 19.2. The molecular formula is C26H32F3N3O2S. The van der Waals surface area contributed by atoms with E-state index in [0.29, 0.717) is 23.6 Å². The van der Waals surface area contributed by atoms with Crippen LogP contribution in [0.1, 0.15) is 67.6 Å². The van der Waals surface area contributed by atoms with Crippen LogP contribution in [-0.2, 0) is 18.1 Å². The number of nitrogens with zero attached hydrogens (tertiary/aromatic N) is 2. The largest absolute Gasteiger partial charge is 0.493 e. The fourth-order valence-electron chi connectivity index (χ4n) is 3.60. The minimum absolute atomic E-state index is 0.217. The Morgan fingerprint density at radius 2 is 1.83 bits per heavy atom. The van der Waals surface area contributed by atoms with Crippen molar-refractivity contribution in [2.45, 2.75) is 64.1 Å². The van der Waals surface area contributed by atoms with Crippen LogP contribution in [0.2, 0.25) is 0 Å². The summed E-state index contributed by atoms with van der Waals surface area (Å²) >= 11 is 1.36. The van der Waals surface area contributed by atoms with Gasteiger partial charge in [-0.1, -0.05) is 43.4 Å². The maximum Gasteiger partial charge on any atom is 0.416 e. The van der Waals surface area contributed by atoms with Crippen molar-refractivity contribution in [2.24, 2.45) is 5.73 Å². The van der Waals surface area contributed by atoms with Gasteiger partial charge in [0.2, 0.25) is 0 Å². The molecule has 1 atom stereocenters. The van der Waals surface area contributed by atoms with Gasteiger partial charge in [0.25, 0.3) is 0 Å². The van der Waals surface area contributed by atoms with Crippen molar-refractivity contribution in [3.8, 4) is 16.3 Å². The molecule has 1 heterocycles. The first-order chi connectivity index (χ1) is 16.5. The smallest absolute Gasteiger partial charge is 0.416 e. The number of rotatable bonds is 11. The lowest BCUT2D eigenvalue weighted by molar-refractivity contribution is -0.137. The number of hydrogen-bond acceptors (Lipinski definition) is 6. The first-order valence-corrected chi connectivity index (χ1v) is 12.5. The van der Waals surface area contributed by atoms with E-state index in [1.165, 1.54) is 23.5 Å². The highest BCUT2D eigenvalue weighted by Gasteiger charge is 2.30. The summed E-state index contributed by atoms with van der Waals surface area (Å²) in [6.45, 7) is 6.22. The van der Waals surface area contributed by atoms with E-state index >= 15 is 0 Å². The first-order valence-electron chi connectivity index (χ1n) is 11.7. The minimum atomic E-state index is -4.31. The van der Waals surface area contributed by atoms with E-state index in [-0.39, 0.29) is 12.5 Å². The number of nitrogens with two attached hydrogens (primary N) is 1. The summed E-state index contributed by atoms with van der Waals surface area (Å²) in [4.78, 5) is 0. The van der Waals surface area contributed by atoms with Crippen molar-refractivity contribution in [1.29, 1.82) is 0 Å². The Morgan fingerprint density at radius 3 is 2.51 bits per heavy atom. The lowest BCUT2D eigenvalue weighted by Crippen LogP contribution is -2.36. The van der Waals surface area contributed by atoms with E-state index in [1.807, 2.05) is 18.2 Å². The van der Waals surface area contributed by atoms with Crippen LogP contribution in [0, 0.1) is 0 Å². The molecule has 190 valence electrons. The lowest BCUT2D eigenvalue weighted by atomic mass is 9.99. The van der Waals surface area contributed by atoms with Crippen molar-refractivity contribution in [3.05, 3.63) is 64.2 Å². The third-order valence-electron chi connectivity index (χ3n) is 5.74. The van der Waals surface area contributed by atoms with Gasteiger partial charge in [-0.3, -0.25) is 0 Å². The maximum atomic E-state index is 12.9. The van der Waals surface area contributed by atoms with E-state index in [0.717, 1.165) is 47.2 Å². The zero-order valence-electron chi connectivity index (χ0n) is 20.2. The van der Waals surface area contributed by atoms with Crippen LogP contribution in [0.4, 0.5) is 13.2 Å². The van der Waals surface area contributed by atoms with E-state index in [9.17, 15) is 18.3 Å². The first kappa shape index (κ1) is 27.1. The number of aliphatic hydroxyl groups is 1. The van der Waals surface area contributed by atoms with E-state index in [2.05, 4.69) is 24.0 Å². The van der Waals surface area contributed by atoms with Crippen LogP contribution < -0.4 is 10.5 Å². The molecule has 0 aliphatic carbocycles. The zero-order valence-corrected chi connectivity index (χ0v) is 21.0. The molecule has 3 rings (SSSR count). The topological polar surface area (TPSA) is 81.3 Å². The quantitative estimate of drug-likeness (QED) is 0.298. The Morgan fingerprint density at radius 1 is 1.06 bits per heavy atom. The van der Waals surface area contributed by atoms with Gasteiger partial charge in [0.1, 0.15) is 15.8 Å². The molecule has 0 aliphatic heterocycles. The van der Waals surface area contributed by atoms with Crippen LogP contribution in [0.25, 0.3) is 10.6 Å². The predicted molar refractivity (Wildman–Crippen MR) is 133 cm³/mol. The van der Waals surface area contributed by atoms with Gasteiger partial charge >= 0.3 is 6.18 Å². The maximum absolute atomic E-state index is 12.9. The number of ether oxygens (including phenoxy) is 1. The Hall–Kier alpha value is -2.49. The Kier molecular flexibility index (Phi) is 8.90. The number of aromatic nitrogens is 2. The van der Waals surface area contributed by atoms with Gasteiger partial charge in [-0.2, -0.15) is 13.2 Å². The summed E-state index contributed by atoms with van der Waals surface area (Å²) in [5.41, 5.74) is 7.22. The third kappa shape index (κ3) is 7.25. The molecule has 0 amide bonds. The fraction of sp³-hybridized carbons (Fsp3) is 0.462. The molecule has 0 aliphatic rings. The molecule has 9 heteroatoms. The molecule has 3 N–H and O–H groups in total. The van der Waals surface area contributed by atoms with Crippen LogP contribution in [0.3, 0.4) is 0 Å². The molecule has 0 radical (unpaired) electrons. The molecule has 35 heavy (non-hydrogen) atoms. The van der Waals surface area contributed by atoms with Gasteiger partial charge in [-0.05, 0) is 73.9 Å². The summed E-state index contributed by atoms with van der Waals surface area (Å²) in [7, 11) is 0. The summed E-state index contributed by atoms with van der Waals surface area (Å²) in [6.07, 6.45) is -1.22. The number of aliphatic hydroxyl groups excluding tert-OH is 1. The normalized spacial score (nSPS) is 13.7. The standard InChI is InChI=1S/C26H32F3N3O2S/c1-17(2)21-15-19(23-31-32-24(35-23)25(3,30)16-33)11-12-22(21)34-13-6-4-5-8-18-9-7-10-20(14-18)26(27,28)29/h7,9-12,14-15,17,33H,4-6,8,13,16,30H2,1-3H3/t25-/m0/s1. The lowest BCUT2D eigenvalue weighted by Gasteiger charge is -2.17. The van der Waals surface area contributed by atoms with Gasteiger partial charge in [-0.15, -0.1) is 10.2 Å². The Balaban J connectivity index is 1.54. The zero-order chi connectivity index (χ0) is 25.6. The number of hydrogen-bond donors (Lipinski definition) is 2. The van der Waals surface area contributed by atoms with Crippen LogP contribution >= 0.6 is 11.3 Å². The van der Waals surface area contributed by atoms with Gasteiger partial charge < -0.3 is 15.6 Å². The average Bonchev–Trinajstić information content (AvgIpc) is 3.32. The molecule has 3 aromatic rings. The van der Waals surface area contributed by atoms with Crippen LogP contribution in [0.15, 0.2) is 42.5 Å². The summed E-state index contributed by atoms with van der Waals surface area (Å²) in [6, 6.07) is 11.4. The van der Waals surface area contributed by atoms with Crippen LogP contribution in [-0.4, -0.2) is 28.5 Å². The average molecular weight is 508 g/mol. The van der Waals surface area contributed by atoms with Crippen molar-refractivity contribution in [3.63, 3.8) is 0 Å². The van der Waals surface area contributed by atoms with Crippen molar-refractivity contribution in [2.75, 3.05) is 13.2 Å². The third-order valence-corrected chi connectivity index (χ3v) is 6.99. The molecule has 0 unspecified atom stereocenters. The molecular weight excluding hydrogens is 475 g/mol. The van der Waals surface area contributed by atoms with Gasteiger partial charge in [0, 0.05) is 5.56 Å². The molecule has 0 saturated heterocycles. The number of halogens is 3. The molecule has 1 aromatic heterocycles. The van der Waals surface area contributed by atoms with E-state index in [4.69, 9.17) is 10.5 Å². The number of benzene rings is 2. The fourth-order valence-corrected chi connectivity index (χ4v) is 4.48. The highest BCUT2D eigenvalue weighted by atomic mass is 32.1. The van der Waals surface area contributed by atoms with Gasteiger partial charge in [0.15, 0.2) is 0 Å². The van der Waals surface area contributed by atoms with Crippen LogP contribution in [0.5, 0.6) is 5.75 Å².